The van der Waals surface area contributed by atoms with E-state index in [9.17, 15) is 20.1 Å². The van der Waals surface area contributed by atoms with Crippen LogP contribution in [0, 0.1) is 0 Å². The molecule has 1 rings (SSSR count). The first kappa shape index (κ1) is 21.2. The van der Waals surface area contributed by atoms with Gasteiger partial charge in [-0.25, -0.2) is 0 Å². The van der Waals surface area contributed by atoms with E-state index in [1.807, 2.05) is 0 Å². The maximum absolute atomic E-state index is 11.3. The molecule has 10 heteroatoms. The molecule has 1 saturated heterocycles. The molecule has 0 aromatic carbocycles. The van der Waals surface area contributed by atoms with E-state index >= 15 is 0 Å². The normalized spacial score (nSPS) is 30.3. The molecular formula is C14H28N2O8. The Bertz CT molecular complexity index is 360. The van der Waals surface area contributed by atoms with E-state index in [2.05, 4.69) is 5.32 Å². The van der Waals surface area contributed by atoms with Gasteiger partial charge in [0.05, 0.1) is 39.6 Å². The predicted octanol–water partition coefficient (Wildman–Crippen LogP) is -3.06. The number of nitrogens with one attached hydrogen (secondary N) is 1. The van der Waals surface area contributed by atoms with Gasteiger partial charge in [0.15, 0.2) is 6.29 Å². The zero-order valence-electron chi connectivity index (χ0n) is 13.8. The van der Waals surface area contributed by atoms with Gasteiger partial charge < -0.3 is 45.3 Å². The molecule has 24 heavy (non-hydrogen) atoms. The van der Waals surface area contributed by atoms with Crippen molar-refractivity contribution >= 4 is 5.91 Å². The standard InChI is InChI=1S/C14H28N2O8/c1-9(18)16-11-13(20)12(19)10(8-17)24-14(11)23-7-6-22-5-4-21-3-2-15/h10-14,17,19-20H,2-8,15H2,1H3,(H,16,18)/t10-,11-,12-,13-,14-/m1/s1. The molecule has 1 heterocycles. The van der Waals surface area contributed by atoms with Crippen LogP contribution < -0.4 is 11.1 Å². The smallest absolute Gasteiger partial charge is 0.217 e. The van der Waals surface area contributed by atoms with Crippen molar-refractivity contribution in [2.45, 2.75) is 37.6 Å². The average molecular weight is 352 g/mol. The number of hydrogen-bond donors (Lipinski definition) is 5. The Balaban J connectivity index is 2.39. The summed E-state index contributed by atoms with van der Waals surface area (Å²) in [6.07, 6.45) is -4.67. The summed E-state index contributed by atoms with van der Waals surface area (Å²) in [7, 11) is 0. The van der Waals surface area contributed by atoms with Crippen molar-refractivity contribution in [2.24, 2.45) is 5.73 Å². The van der Waals surface area contributed by atoms with Gasteiger partial charge in [0.2, 0.25) is 5.91 Å². The van der Waals surface area contributed by atoms with Crippen LogP contribution in [-0.2, 0) is 23.7 Å². The van der Waals surface area contributed by atoms with Crippen LogP contribution in [0.4, 0.5) is 0 Å². The molecule has 0 unspecified atom stereocenters. The quantitative estimate of drug-likeness (QED) is 0.244. The number of hydrogen-bond acceptors (Lipinski definition) is 9. The zero-order valence-corrected chi connectivity index (χ0v) is 13.8. The summed E-state index contributed by atoms with van der Waals surface area (Å²) < 4.78 is 21.3. The maximum atomic E-state index is 11.3. The second kappa shape index (κ2) is 11.7. The average Bonchev–Trinajstić information content (AvgIpc) is 2.55. The van der Waals surface area contributed by atoms with Gasteiger partial charge in [-0.3, -0.25) is 4.79 Å². The molecule has 6 N–H and O–H groups in total. The van der Waals surface area contributed by atoms with Crippen molar-refractivity contribution in [1.82, 2.24) is 5.32 Å². The molecule has 10 nitrogen and oxygen atoms in total. The minimum absolute atomic E-state index is 0.138. The Kier molecular flexibility index (Phi) is 10.3. The summed E-state index contributed by atoms with van der Waals surface area (Å²) >= 11 is 0. The van der Waals surface area contributed by atoms with E-state index in [1.54, 1.807) is 0 Å². The van der Waals surface area contributed by atoms with Crippen molar-refractivity contribution in [3.8, 4) is 0 Å². The Hall–Kier alpha value is -0.850. The van der Waals surface area contributed by atoms with Gasteiger partial charge in [-0.2, -0.15) is 0 Å². The molecule has 1 amide bonds. The molecule has 1 aliphatic rings. The number of amides is 1. The van der Waals surface area contributed by atoms with Gasteiger partial charge in [-0.05, 0) is 0 Å². The molecule has 1 fully saturated rings. The number of aliphatic hydroxyl groups is 3. The fourth-order valence-electron chi connectivity index (χ4n) is 2.24. The fraction of sp³-hybridized carbons (Fsp3) is 0.929. The van der Waals surface area contributed by atoms with Gasteiger partial charge in [0.25, 0.3) is 0 Å². The van der Waals surface area contributed by atoms with Gasteiger partial charge in [0, 0.05) is 13.5 Å². The molecule has 0 aliphatic carbocycles. The van der Waals surface area contributed by atoms with Gasteiger partial charge in [-0.1, -0.05) is 0 Å². The molecule has 1 aliphatic heterocycles. The lowest BCUT2D eigenvalue weighted by Gasteiger charge is -2.42. The highest BCUT2D eigenvalue weighted by atomic mass is 16.7. The number of ether oxygens (including phenoxy) is 4. The van der Waals surface area contributed by atoms with Crippen molar-refractivity contribution in [3.05, 3.63) is 0 Å². The highest BCUT2D eigenvalue weighted by molar-refractivity contribution is 5.73. The van der Waals surface area contributed by atoms with Gasteiger partial charge >= 0.3 is 0 Å². The summed E-state index contributed by atoms with van der Waals surface area (Å²) in [5, 5.41) is 31.6. The summed E-state index contributed by atoms with van der Waals surface area (Å²) in [6.45, 7) is 2.90. The summed E-state index contributed by atoms with van der Waals surface area (Å²) in [5.41, 5.74) is 5.28. The van der Waals surface area contributed by atoms with Crippen molar-refractivity contribution in [1.29, 1.82) is 0 Å². The first-order valence-corrected chi connectivity index (χ1v) is 7.88. The van der Waals surface area contributed by atoms with E-state index in [1.165, 1.54) is 6.92 Å². The fourth-order valence-corrected chi connectivity index (χ4v) is 2.24. The second-order valence-corrected chi connectivity index (χ2v) is 5.32. The van der Waals surface area contributed by atoms with Crippen molar-refractivity contribution in [3.63, 3.8) is 0 Å². The molecular weight excluding hydrogens is 324 g/mol. The number of nitrogens with two attached hydrogens (primary N) is 1. The number of carbonyl (C=O) groups excluding carboxylic acids is 1. The lowest BCUT2D eigenvalue weighted by atomic mass is 9.97. The van der Waals surface area contributed by atoms with Crippen LogP contribution in [0.15, 0.2) is 0 Å². The van der Waals surface area contributed by atoms with Crippen LogP contribution in [0.3, 0.4) is 0 Å². The van der Waals surface area contributed by atoms with E-state index in [-0.39, 0.29) is 13.2 Å². The molecule has 0 aromatic heterocycles. The van der Waals surface area contributed by atoms with Crippen LogP contribution in [-0.4, -0.2) is 98.1 Å². The Morgan fingerprint density at radius 1 is 1.12 bits per heavy atom. The van der Waals surface area contributed by atoms with E-state index < -0.39 is 43.2 Å². The highest BCUT2D eigenvalue weighted by Gasteiger charge is 2.45. The summed E-state index contributed by atoms with van der Waals surface area (Å²) in [6, 6.07) is -0.951. The van der Waals surface area contributed by atoms with Crippen LogP contribution in [0.5, 0.6) is 0 Å². The first-order chi connectivity index (χ1) is 11.5. The van der Waals surface area contributed by atoms with Crippen molar-refractivity contribution in [2.75, 3.05) is 46.2 Å². The third kappa shape index (κ3) is 6.95. The second-order valence-electron chi connectivity index (χ2n) is 5.32. The lowest BCUT2D eigenvalue weighted by molar-refractivity contribution is -0.272. The largest absolute Gasteiger partial charge is 0.394 e. The number of rotatable bonds is 11. The minimum atomic E-state index is -1.33. The first-order valence-electron chi connectivity index (χ1n) is 7.88. The maximum Gasteiger partial charge on any atom is 0.217 e. The molecule has 0 saturated carbocycles. The van der Waals surface area contributed by atoms with Crippen LogP contribution in [0.2, 0.25) is 0 Å². The zero-order chi connectivity index (χ0) is 17.9. The summed E-state index contributed by atoms with van der Waals surface area (Å²) in [5.74, 6) is -0.404. The van der Waals surface area contributed by atoms with Crippen molar-refractivity contribution < 1.29 is 39.1 Å². The van der Waals surface area contributed by atoms with Gasteiger partial charge in [0.1, 0.15) is 24.4 Å². The monoisotopic (exact) mass is 352 g/mol. The van der Waals surface area contributed by atoms with E-state index in [0.29, 0.717) is 26.4 Å². The molecule has 5 atom stereocenters. The predicted molar refractivity (Wildman–Crippen MR) is 82.0 cm³/mol. The van der Waals surface area contributed by atoms with Crippen LogP contribution >= 0.6 is 0 Å². The van der Waals surface area contributed by atoms with E-state index in [0.717, 1.165) is 0 Å². The third-order valence-electron chi connectivity index (χ3n) is 3.39. The SMILES string of the molecule is CC(=O)N[C@H]1[C@H](OCCOCCOCCN)O[C@H](CO)[C@@H](O)[C@@H]1O. The number of carbonyl (C=O) groups is 1. The van der Waals surface area contributed by atoms with E-state index in [4.69, 9.17) is 24.7 Å². The molecule has 0 radical (unpaired) electrons. The molecule has 142 valence electrons. The topological polar surface area (TPSA) is 153 Å². The molecule has 0 bridgehead atoms. The van der Waals surface area contributed by atoms with Crippen LogP contribution in [0.25, 0.3) is 0 Å². The van der Waals surface area contributed by atoms with Gasteiger partial charge in [-0.15, -0.1) is 0 Å². The molecule has 0 spiro atoms. The Morgan fingerprint density at radius 2 is 1.75 bits per heavy atom. The number of aliphatic hydroxyl groups excluding tert-OH is 3. The lowest BCUT2D eigenvalue weighted by Crippen LogP contribution is -2.64. The Labute approximate surface area is 140 Å². The van der Waals surface area contributed by atoms with Crippen LogP contribution in [0.1, 0.15) is 6.92 Å². The highest BCUT2D eigenvalue weighted by Crippen LogP contribution is 2.22. The Morgan fingerprint density at radius 3 is 2.33 bits per heavy atom. The third-order valence-corrected chi connectivity index (χ3v) is 3.39. The molecule has 0 aromatic rings. The minimum Gasteiger partial charge on any atom is -0.394 e. The summed E-state index contributed by atoms with van der Waals surface area (Å²) in [4.78, 5) is 11.3.